The highest BCUT2D eigenvalue weighted by Gasteiger charge is 2.18. The maximum Gasteiger partial charge on any atom is 0.227 e. The Balaban J connectivity index is 1.73. The van der Waals surface area contributed by atoms with Gasteiger partial charge in [0.15, 0.2) is 17.0 Å². The molecule has 7 heteroatoms. The number of benzene rings is 1. The van der Waals surface area contributed by atoms with Gasteiger partial charge < -0.3 is 20.5 Å². The quantitative estimate of drug-likeness (QED) is 0.641. The van der Waals surface area contributed by atoms with Crippen molar-refractivity contribution in [1.82, 2.24) is 24.8 Å². The third-order valence-corrected chi connectivity index (χ3v) is 4.89. The first-order chi connectivity index (χ1) is 13.1. The summed E-state index contributed by atoms with van der Waals surface area (Å²) >= 11 is 0. The third-order valence-electron chi connectivity index (χ3n) is 4.89. The fourth-order valence-electron chi connectivity index (χ4n) is 3.46. The van der Waals surface area contributed by atoms with Crippen molar-refractivity contribution in [3.05, 3.63) is 36.2 Å². The van der Waals surface area contributed by atoms with Gasteiger partial charge in [-0.05, 0) is 57.9 Å². The van der Waals surface area contributed by atoms with Crippen LogP contribution in [-0.4, -0.2) is 38.7 Å². The summed E-state index contributed by atoms with van der Waals surface area (Å²) < 4.78 is 2.09. The van der Waals surface area contributed by atoms with Crippen molar-refractivity contribution in [1.29, 1.82) is 0 Å². The number of anilines is 3. The lowest BCUT2D eigenvalue weighted by Crippen LogP contribution is -2.38. The van der Waals surface area contributed by atoms with Gasteiger partial charge in [0.2, 0.25) is 5.95 Å². The van der Waals surface area contributed by atoms with E-state index in [1.807, 2.05) is 18.5 Å². The Morgan fingerprint density at radius 1 is 1.26 bits per heavy atom. The first-order valence-corrected chi connectivity index (χ1v) is 9.65. The minimum Gasteiger partial charge on any atom is -0.350 e. The summed E-state index contributed by atoms with van der Waals surface area (Å²) in [5.74, 6) is 1.38. The number of aryl methyl sites for hydroxylation is 1. The van der Waals surface area contributed by atoms with Crippen LogP contribution in [0.5, 0.6) is 0 Å². The summed E-state index contributed by atoms with van der Waals surface area (Å²) in [4.78, 5) is 14.1. The van der Waals surface area contributed by atoms with Crippen molar-refractivity contribution < 1.29 is 0 Å². The Bertz CT molecular complexity index is 925. The van der Waals surface area contributed by atoms with Crippen molar-refractivity contribution in [2.45, 2.75) is 45.7 Å². The molecule has 1 fully saturated rings. The lowest BCUT2D eigenvalue weighted by Gasteiger charge is -2.24. The lowest BCUT2D eigenvalue weighted by atomic mass is 10.1. The summed E-state index contributed by atoms with van der Waals surface area (Å²) in [5, 5.41) is 10.4. The van der Waals surface area contributed by atoms with Gasteiger partial charge in [-0.15, -0.1) is 0 Å². The molecule has 1 atom stereocenters. The number of hydrogen-bond acceptors (Lipinski definition) is 6. The fraction of sp³-hybridized carbons (Fsp3) is 0.450. The Labute approximate surface area is 159 Å². The standard InChI is InChI=1S/C20H27N7/c1-13(2)27-12-22-17-18(23-15-7-4-6-14(3)10-15)25-20(26-19(17)27)24-16-8-5-9-21-11-16/h4,6-7,10,12-13,16,21H,5,8-9,11H2,1-3H3,(H2,23,24,25,26)/t16-/m0/s1. The van der Waals surface area contributed by atoms with E-state index in [1.165, 1.54) is 5.56 Å². The smallest absolute Gasteiger partial charge is 0.227 e. The van der Waals surface area contributed by atoms with Crippen LogP contribution in [0.1, 0.15) is 38.3 Å². The van der Waals surface area contributed by atoms with Gasteiger partial charge in [0, 0.05) is 24.3 Å². The first kappa shape index (κ1) is 17.7. The minimum atomic E-state index is 0.279. The highest BCUT2D eigenvalue weighted by molar-refractivity contribution is 5.86. The van der Waals surface area contributed by atoms with Crippen molar-refractivity contribution >= 4 is 28.6 Å². The molecule has 0 aliphatic carbocycles. The fourth-order valence-corrected chi connectivity index (χ4v) is 3.46. The molecule has 3 aromatic rings. The van der Waals surface area contributed by atoms with E-state index in [2.05, 4.69) is 58.4 Å². The highest BCUT2D eigenvalue weighted by Crippen LogP contribution is 2.26. The molecule has 0 saturated carbocycles. The van der Waals surface area contributed by atoms with Gasteiger partial charge in [-0.3, -0.25) is 0 Å². The normalized spacial score (nSPS) is 17.4. The molecule has 0 bridgehead atoms. The van der Waals surface area contributed by atoms with E-state index in [0.717, 1.165) is 48.6 Å². The number of imidazole rings is 1. The Hall–Kier alpha value is -2.67. The number of piperidine rings is 1. The Morgan fingerprint density at radius 2 is 2.15 bits per heavy atom. The van der Waals surface area contributed by atoms with E-state index in [1.54, 1.807) is 0 Å². The van der Waals surface area contributed by atoms with Crippen LogP contribution in [0.2, 0.25) is 0 Å². The number of aromatic nitrogens is 4. The monoisotopic (exact) mass is 365 g/mol. The van der Waals surface area contributed by atoms with E-state index in [0.29, 0.717) is 12.0 Å². The summed E-state index contributed by atoms with van der Waals surface area (Å²) in [5.41, 5.74) is 3.84. The number of nitrogens with zero attached hydrogens (tertiary/aromatic N) is 4. The highest BCUT2D eigenvalue weighted by atomic mass is 15.2. The predicted molar refractivity (Wildman–Crippen MR) is 110 cm³/mol. The average molecular weight is 365 g/mol. The second-order valence-corrected chi connectivity index (χ2v) is 7.50. The molecule has 1 aliphatic heterocycles. The van der Waals surface area contributed by atoms with Crippen LogP contribution in [0.4, 0.5) is 17.5 Å². The molecule has 2 aromatic heterocycles. The van der Waals surface area contributed by atoms with Crippen molar-refractivity contribution in [2.24, 2.45) is 0 Å². The molecule has 27 heavy (non-hydrogen) atoms. The maximum absolute atomic E-state index is 4.78. The number of nitrogens with one attached hydrogen (secondary N) is 3. The van der Waals surface area contributed by atoms with Crippen LogP contribution in [0.3, 0.4) is 0 Å². The van der Waals surface area contributed by atoms with Crippen LogP contribution >= 0.6 is 0 Å². The second kappa shape index (κ2) is 7.52. The SMILES string of the molecule is Cc1cccc(Nc2nc(N[C@H]3CCCNC3)nc3c2ncn3C(C)C)c1. The van der Waals surface area contributed by atoms with Gasteiger partial charge in [0.25, 0.3) is 0 Å². The van der Waals surface area contributed by atoms with E-state index >= 15 is 0 Å². The molecule has 3 heterocycles. The largest absolute Gasteiger partial charge is 0.350 e. The molecule has 0 spiro atoms. The van der Waals surface area contributed by atoms with Crippen molar-refractivity contribution in [3.8, 4) is 0 Å². The zero-order chi connectivity index (χ0) is 18.8. The van der Waals surface area contributed by atoms with E-state index in [-0.39, 0.29) is 6.04 Å². The maximum atomic E-state index is 4.78. The van der Waals surface area contributed by atoms with E-state index < -0.39 is 0 Å². The number of hydrogen-bond donors (Lipinski definition) is 3. The lowest BCUT2D eigenvalue weighted by molar-refractivity contribution is 0.478. The molecule has 1 aromatic carbocycles. The van der Waals surface area contributed by atoms with E-state index in [9.17, 15) is 0 Å². The van der Waals surface area contributed by atoms with Crippen molar-refractivity contribution in [2.75, 3.05) is 23.7 Å². The summed E-state index contributed by atoms with van der Waals surface area (Å²) in [6.45, 7) is 8.37. The zero-order valence-corrected chi connectivity index (χ0v) is 16.2. The number of fused-ring (bicyclic) bond motifs is 1. The predicted octanol–water partition coefficient (Wildman–Crippen LogP) is 3.62. The average Bonchev–Trinajstić information content (AvgIpc) is 3.07. The van der Waals surface area contributed by atoms with Crippen LogP contribution in [0, 0.1) is 6.92 Å². The summed E-state index contributed by atoms with van der Waals surface area (Å²) in [6, 6.07) is 8.89. The van der Waals surface area contributed by atoms with Gasteiger partial charge in [-0.2, -0.15) is 9.97 Å². The molecule has 4 rings (SSSR count). The summed E-state index contributed by atoms with van der Waals surface area (Å²) in [6.07, 6.45) is 4.13. The molecule has 142 valence electrons. The third kappa shape index (κ3) is 3.88. The van der Waals surface area contributed by atoms with Gasteiger partial charge in [0.05, 0.1) is 6.33 Å². The topological polar surface area (TPSA) is 79.7 Å². The molecular weight excluding hydrogens is 338 g/mol. The van der Waals surface area contributed by atoms with Crippen LogP contribution < -0.4 is 16.0 Å². The molecule has 0 amide bonds. The van der Waals surface area contributed by atoms with Crippen LogP contribution in [0.15, 0.2) is 30.6 Å². The Kier molecular flexibility index (Phi) is 4.94. The van der Waals surface area contributed by atoms with Gasteiger partial charge in [-0.25, -0.2) is 4.98 Å². The Morgan fingerprint density at radius 3 is 2.89 bits per heavy atom. The van der Waals surface area contributed by atoms with Gasteiger partial charge >= 0.3 is 0 Å². The molecular formula is C20H27N7. The number of rotatable bonds is 5. The molecule has 7 nitrogen and oxygen atoms in total. The van der Waals surface area contributed by atoms with Crippen LogP contribution in [0.25, 0.3) is 11.2 Å². The van der Waals surface area contributed by atoms with Crippen LogP contribution in [-0.2, 0) is 0 Å². The molecule has 0 radical (unpaired) electrons. The molecule has 0 unspecified atom stereocenters. The minimum absolute atomic E-state index is 0.279. The van der Waals surface area contributed by atoms with Gasteiger partial charge in [0.1, 0.15) is 0 Å². The van der Waals surface area contributed by atoms with Crippen molar-refractivity contribution in [3.63, 3.8) is 0 Å². The van der Waals surface area contributed by atoms with E-state index in [4.69, 9.17) is 9.97 Å². The molecule has 3 N–H and O–H groups in total. The zero-order valence-electron chi connectivity index (χ0n) is 16.2. The first-order valence-electron chi connectivity index (χ1n) is 9.65. The molecule has 1 aliphatic rings. The van der Waals surface area contributed by atoms with Gasteiger partial charge in [-0.1, -0.05) is 12.1 Å². The molecule has 1 saturated heterocycles. The summed E-state index contributed by atoms with van der Waals surface area (Å²) in [7, 11) is 0. The second-order valence-electron chi connectivity index (χ2n) is 7.50.